The van der Waals surface area contributed by atoms with E-state index in [1.165, 1.54) is 12.1 Å². The third-order valence-corrected chi connectivity index (χ3v) is 3.84. The Balaban J connectivity index is 1.62. The lowest BCUT2D eigenvalue weighted by Gasteiger charge is -2.05. The molecule has 0 fully saturated rings. The summed E-state index contributed by atoms with van der Waals surface area (Å²) in [7, 11) is 0. The van der Waals surface area contributed by atoms with Crippen molar-refractivity contribution in [3.05, 3.63) is 106 Å². The summed E-state index contributed by atoms with van der Waals surface area (Å²) < 4.78 is 0. The fourth-order valence-corrected chi connectivity index (χ4v) is 2.45. The third kappa shape index (κ3) is 5.22. The van der Waals surface area contributed by atoms with E-state index in [-0.39, 0.29) is 11.6 Å². The second-order valence-electron chi connectivity index (χ2n) is 5.86. The minimum Gasteiger partial charge on any atom is -0.322 e. The molecule has 1 amide bonds. The van der Waals surface area contributed by atoms with E-state index in [1.54, 1.807) is 54.8 Å². The van der Waals surface area contributed by atoms with Gasteiger partial charge < -0.3 is 5.32 Å². The molecular formula is C22H17N3O3. The van der Waals surface area contributed by atoms with Gasteiger partial charge in [0.25, 0.3) is 11.6 Å². The highest BCUT2D eigenvalue weighted by Gasteiger charge is 2.05. The maximum atomic E-state index is 12.2. The number of aliphatic imine (C=N–C) groups is 1. The summed E-state index contributed by atoms with van der Waals surface area (Å²) in [6.45, 7) is 0. The Morgan fingerprint density at radius 1 is 0.964 bits per heavy atom. The van der Waals surface area contributed by atoms with Crippen molar-refractivity contribution < 1.29 is 9.72 Å². The molecule has 6 heteroatoms. The Labute approximate surface area is 162 Å². The number of hydrogen-bond acceptors (Lipinski definition) is 4. The van der Waals surface area contributed by atoms with Crippen LogP contribution in [0.4, 0.5) is 17.1 Å². The van der Waals surface area contributed by atoms with Crippen molar-refractivity contribution in [1.29, 1.82) is 0 Å². The van der Waals surface area contributed by atoms with Crippen LogP contribution in [0.5, 0.6) is 0 Å². The minimum absolute atomic E-state index is 0.0557. The van der Waals surface area contributed by atoms with Gasteiger partial charge in [0, 0.05) is 29.6 Å². The SMILES string of the molecule is O=C(Nc1cccc(N=CC=Cc2ccc([N+](=O)[O-])cc2)c1)c1ccccc1. The number of benzene rings is 3. The van der Waals surface area contributed by atoms with Crippen LogP contribution in [-0.4, -0.2) is 17.0 Å². The van der Waals surface area contributed by atoms with Gasteiger partial charge in [-0.2, -0.15) is 0 Å². The first-order valence-corrected chi connectivity index (χ1v) is 8.53. The van der Waals surface area contributed by atoms with Crippen molar-refractivity contribution in [3.8, 4) is 0 Å². The zero-order valence-corrected chi connectivity index (χ0v) is 14.9. The predicted molar refractivity (Wildman–Crippen MR) is 111 cm³/mol. The Bertz CT molecular complexity index is 1030. The molecule has 0 saturated heterocycles. The van der Waals surface area contributed by atoms with Crippen LogP contribution < -0.4 is 5.32 Å². The van der Waals surface area contributed by atoms with E-state index in [0.29, 0.717) is 16.9 Å². The van der Waals surface area contributed by atoms with Crippen LogP contribution in [0.1, 0.15) is 15.9 Å². The number of carbonyl (C=O) groups excluding carboxylic acids is 1. The second-order valence-corrected chi connectivity index (χ2v) is 5.86. The number of non-ortho nitro benzene ring substituents is 1. The smallest absolute Gasteiger partial charge is 0.269 e. The maximum absolute atomic E-state index is 12.2. The normalized spacial score (nSPS) is 11.0. The lowest BCUT2D eigenvalue weighted by molar-refractivity contribution is -0.384. The number of hydrogen-bond donors (Lipinski definition) is 1. The molecule has 0 aliphatic carbocycles. The van der Waals surface area contributed by atoms with E-state index < -0.39 is 4.92 Å². The zero-order chi connectivity index (χ0) is 19.8. The van der Waals surface area contributed by atoms with Crippen LogP contribution in [0.2, 0.25) is 0 Å². The molecule has 3 rings (SSSR count). The third-order valence-electron chi connectivity index (χ3n) is 3.84. The van der Waals surface area contributed by atoms with Gasteiger partial charge in [0.05, 0.1) is 10.6 Å². The molecule has 0 spiro atoms. The molecule has 3 aromatic carbocycles. The quantitative estimate of drug-likeness (QED) is 0.364. The van der Waals surface area contributed by atoms with Gasteiger partial charge in [-0.1, -0.05) is 30.3 Å². The Morgan fingerprint density at radius 3 is 2.43 bits per heavy atom. The van der Waals surface area contributed by atoms with Crippen molar-refractivity contribution in [1.82, 2.24) is 0 Å². The maximum Gasteiger partial charge on any atom is 0.269 e. The number of amides is 1. The summed E-state index contributed by atoms with van der Waals surface area (Å²) in [5.74, 6) is -0.181. The summed E-state index contributed by atoms with van der Waals surface area (Å²) in [6.07, 6.45) is 5.17. The van der Waals surface area contributed by atoms with E-state index in [9.17, 15) is 14.9 Å². The number of nitro benzene ring substituents is 1. The number of rotatable bonds is 6. The monoisotopic (exact) mass is 371 g/mol. The predicted octanol–water partition coefficient (Wildman–Crippen LogP) is 5.26. The van der Waals surface area contributed by atoms with Gasteiger partial charge in [-0.25, -0.2) is 0 Å². The molecule has 6 nitrogen and oxygen atoms in total. The number of anilines is 1. The van der Waals surface area contributed by atoms with Crippen LogP contribution in [0.25, 0.3) is 6.08 Å². The molecule has 0 aliphatic heterocycles. The average Bonchev–Trinajstić information content (AvgIpc) is 2.72. The molecule has 0 radical (unpaired) electrons. The summed E-state index contributed by atoms with van der Waals surface area (Å²) in [6, 6.07) is 22.4. The summed E-state index contributed by atoms with van der Waals surface area (Å²) >= 11 is 0. The summed E-state index contributed by atoms with van der Waals surface area (Å²) in [5.41, 5.74) is 2.82. The van der Waals surface area contributed by atoms with E-state index >= 15 is 0 Å². The van der Waals surface area contributed by atoms with Gasteiger partial charge in [-0.3, -0.25) is 19.9 Å². The Morgan fingerprint density at radius 2 is 1.71 bits per heavy atom. The molecule has 1 N–H and O–H groups in total. The van der Waals surface area contributed by atoms with Gasteiger partial charge in [0.15, 0.2) is 0 Å². The van der Waals surface area contributed by atoms with Gasteiger partial charge in [0.1, 0.15) is 0 Å². The minimum atomic E-state index is -0.432. The highest BCUT2D eigenvalue weighted by molar-refractivity contribution is 6.04. The van der Waals surface area contributed by atoms with Crippen molar-refractivity contribution in [3.63, 3.8) is 0 Å². The van der Waals surface area contributed by atoms with Crippen LogP contribution in [0.15, 0.2) is 89.9 Å². The van der Waals surface area contributed by atoms with Crippen molar-refractivity contribution in [2.24, 2.45) is 4.99 Å². The lowest BCUT2D eigenvalue weighted by Crippen LogP contribution is -2.11. The first-order chi connectivity index (χ1) is 13.6. The summed E-state index contributed by atoms with van der Waals surface area (Å²) in [4.78, 5) is 26.8. The summed E-state index contributed by atoms with van der Waals surface area (Å²) in [5, 5.41) is 13.5. The van der Waals surface area contributed by atoms with E-state index in [1.807, 2.05) is 30.3 Å². The van der Waals surface area contributed by atoms with Gasteiger partial charge in [-0.05, 0) is 54.1 Å². The van der Waals surface area contributed by atoms with E-state index in [2.05, 4.69) is 10.3 Å². The average molecular weight is 371 g/mol. The highest BCUT2D eigenvalue weighted by Crippen LogP contribution is 2.18. The number of nitro groups is 1. The molecular weight excluding hydrogens is 354 g/mol. The fraction of sp³-hybridized carbons (Fsp3) is 0. The molecule has 0 aliphatic rings. The number of nitrogens with one attached hydrogen (secondary N) is 1. The Kier molecular flexibility index (Phi) is 6.05. The molecule has 0 atom stereocenters. The lowest BCUT2D eigenvalue weighted by atomic mass is 10.2. The largest absolute Gasteiger partial charge is 0.322 e. The van der Waals surface area contributed by atoms with Crippen molar-refractivity contribution in [2.45, 2.75) is 0 Å². The zero-order valence-electron chi connectivity index (χ0n) is 14.9. The first kappa shape index (κ1) is 18.7. The molecule has 0 aromatic heterocycles. The van der Waals surface area contributed by atoms with Crippen LogP contribution in [-0.2, 0) is 0 Å². The molecule has 0 saturated carbocycles. The molecule has 138 valence electrons. The first-order valence-electron chi connectivity index (χ1n) is 8.53. The number of allylic oxidation sites excluding steroid dienone is 1. The Hall–Kier alpha value is -4.06. The van der Waals surface area contributed by atoms with Crippen LogP contribution >= 0.6 is 0 Å². The van der Waals surface area contributed by atoms with Gasteiger partial charge in [-0.15, -0.1) is 0 Å². The molecule has 28 heavy (non-hydrogen) atoms. The van der Waals surface area contributed by atoms with Crippen molar-refractivity contribution >= 4 is 35.3 Å². The topological polar surface area (TPSA) is 84.6 Å². The van der Waals surface area contributed by atoms with E-state index in [4.69, 9.17) is 0 Å². The molecule has 0 heterocycles. The molecule has 3 aromatic rings. The van der Waals surface area contributed by atoms with E-state index in [0.717, 1.165) is 5.56 Å². The van der Waals surface area contributed by atoms with Crippen LogP contribution in [0.3, 0.4) is 0 Å². The highest BCUT2D eigenvalue weighted by atomic mass is 16.6. The molecule has 0 bridgehead atoms. The van der Waals surface area contributed by atoms with Crippen LogP contribution in [0, 0.1) is 10.1 Å². The standard InChI is InChI=1S/C22H17N3O3/c26-22(18-7-2-1-3-8-18)24-20-10-4-9-19(16-20)23-15-5-6-17-11-13-21(14-12-17)25(27)28/h1-16H,(H,24,26). The molecule has 0 unspecified atom stereocenters. The van der Waals surface area contributed by atoms with Crippen molar-refractivity contribution in [2.75, 3.05) is 5.32 Å². The second kappa shape index (κ2) is 9.05. The number of carbonyl (C=O) groups is 1. The fourth-order valence-electron chi connectivity index (χ4n) is 2.45. The van der Waals surface area contributed by atoms with Gasteiger partial charge >= 0.3 is 0 Å². The number of nitrogens with zero attached hydrogens (tertiary/aromatic N) is 2. The van der Waals surface area contributed by atoms with Gasteiger partial charge in [0.2, 0.25) is 0 Å².